The number of nitrogens with zero attached hydrogens (tertiary/aromatic N) is 3. The molecule has 0 radical (unpaired) electrons. The molecule has 0 fully saturated rings. The van der Waals surface area contributed by atoms with Crippen molar-refractivity contribution in [3.05, 3.63) is 83.3 Å². The zero-order valence-corrected chi connectivity index (χ0v) is 22.7. The molecule has 2 aromatic carbocycles. The fraction of sp³-hybridized carbons (Fsp3) is 0.267. The van der Waals surface area contributed by atoms with Crippen LogP contribution < -0.4 is 15.0 Å². The number of carbonyl (C=O) groups is 1. The van der Waals surface area contributed by atoms with Gasteiger partial charge in [-0.3, -0.25) is 4.57 Å². The number of aromatic nitrogens is 3. The summed E-state index contributed by atoms with van der Waals surface area (Å²) in [6, 6.07) is 15.9. The van der Waals surface area contributed by atoms with Gasteiger partial charge in [0.1, 0.15) is 11.4 Å². The minimum absolute atomic E-state index is 0.0967. The van der Waals surface area contributed by atoms with E-state index in [2.05, 4.69) is 41.2 Å². The molecule has 1 amide bonds. The molecule has 5 rings (SSSR count). The van der Waals surface area contributed by atoms with Crippen LogP contribution in [0.25, 0.3) is 21.9 Å². The molecule has 2 N–H and O–H groups in total. The number of amides is 1. The number of H-pyrrole nitrogens is 1. The van der Waals surface area contributed by atoms with E-state index in [9.17, 15) is 4.79 Å². The molecule has 38 heavy (non-hydrogen) atoms. The van der Waals surface area contributed by atoms with Gasteiger partial charge < -0.3 is 19.9 Å². The number of carbonyl (C=O) groups excluding carboxylic acids is 1. The maximum absolute atomic E-state index is 12.9. The Labute approximate surface area is 227 Å². The van der Waals surface area contributed by atoms with Crippen LogP contribution in [0.1, 0.15) is 37.8 Å². The molecule has 7 nitrogen and oxygen atoms in total. The predicted molar refractivity (Wildman–Crippen MR) is 155 cm³/mol. The number of benzene rings is 2. The van der Waals surface area contributed by atoms with Crippen molar-refractivity contribution in [1.82, 2.24) is 19.9 Å². The average Bonchev–Trinajstić information content (AvgIpc) is 3.51. The number of para-hydroxylation sites is 1. The Hall–Kier alpha value is -3.97. The van der Waals surface area contributed by atoms with Crippen LogP contribution in [-0.4, -0.2) is 40.8 Å². The molecule has 0 aliphatic heterocycles. The fourth-order valence-corrected chi connectivity index (χ4v) is 5.15. The van der Waals surface area contributed by atoms with Gasteiger partial charge in [0.25, 0.3) is 0 Å². The van der Waals surface area contributed by atoms with Gasteiger partial charge in [0.15, 0.2) is 0 Å². The lowest BCUT2D eigenvalue weighted by Gasteiger charge is -2.23. The van der Waals surface area contributed by atoms with Crippen molar-refractivity contribution >= 4 is 50.9 Å². The van der Waals surface area contributed by atoms with E-state index in [-0.39, 0.29) is 6.03 Å². The number of ether oxygens (including phenoxy) is 1. The van der Waals surface area contributed by atoms with E-state index in [4.69, 9.17) is 21.3 Å². The second kappa shape index (κ2) is 11.2. The van der Waals surface area contributed by atoms with Gasteiger partial charge >= 0.3 is 6.03 Å². The number of rotatable bonds is 9. The summed E-state index contributed by atoms with van der Waals surface area (Å²) in [5.41, 5.74) is 5.88. The highest BCUT2D eigenvalue weighted by atomic mass is 35.5. The van der Waals surface area contributed by atoms with Crippen molar-refractivity contribution in [1.29, 1.82) is 0 Å². The van der Waals surface area contributed by atoms with Gasteiger partial charge in [0, 0.05) is 48.4 Å². The molecule has 3 heterocycles. The highest BCUT2D eigenvalue weighted by Crippen LogP contribution is 2.34. The Balaban J connectivity index is 1.49. The average molecular weight is 530 g/mol. The number of hydrogen-bond acceptors (Lipinski definition) is 4. The summed E-state index contributed by atoms with van der Waals surface area (Å²) in [4.78, 5) is 23.1. The number of halogens is 1. The molecule has 0 saturated heterocycles. The van der Waals surface area contributed by atoms with Crippen molar-refractivity contribution in [3.63, 3.8) is 0 Å². The maximum atomic E-state index is 12.9. The first-order chi connectivity index (χ1) is 18.5. The molecule has 8 heteroatoms. The zero-order valence-electron chi connectivity index (χ0n) is 21.9. The maximum Gasteiger partial charge on any atom is 0.326 e. The number of pyridine rings is 1. The van der Waals surface area contributed by atoms with Crippen LogP contribution in [0.4, 0.5) is 16.2 Å². The third-order valence-electron chi connectivity index (χ3n) is 6.88. The van der Waals surface area contributed by atoms with Gasteiger partial charge in [-0.25, -0.2) is 9.78 Å². The molecule has 0 aliphatic rings. The van der Waals surface area contributed by atoms with Gasteiger partial charge in [-0.1, -0.05) is 43.1 Å². The SMILES string of the molecule is CCCCNC(=O)n1cc(Cc2c[nH]c3ncc(N(CC)c4ccc(OC)c(Cl)c4)cc23)c2ccccc21. The van der Waals surface area contributed by atoms with Crippen molar-refractivity contribution in [2.75, 3.05) is 25.1 Å². The first-order valence-corrected chi connectivity index (χ1v) is 13.4. The first kappa shape index (κ1) is 25.7. The van der Waals surface area contributed by atoms with E-state index < -0.39 is 0 Å². The molecule has 0 bridgehead atoms. The number of unbranched alkanes of at least 4 members (excludes halogenated alkanes) is 1. The van der Waals surface area contributed by atoms with Crippen LogP contribution in [0.15, 0.2) is 67.1 Å². The van der Waals surface area contributed by atoms with E-state index in [1.54, 1.807) is 11.7 Å². The quantitative estimate of drug-likeness (QED) is 0.197. The Morgan fingerprint density at radius 3 is 2.71 bits per heavy atom. The van der Waals surface area contributed by atoms with Crippen LogP contribution in [0.5, 0.6) is 5.75 Å². The summed E-state index contributed by atoms with van der Waals surface area (Å²) in [5, 5.41) is 5.71. The summed E-state index contributed by atoms with van der Waals surface area (Å²) >= 11 is 6.42. The molecule has 5 aromatic rings. The lowest BCUT2D eigenvalue weighted by atomic mass is 10.0. The lowest BCUT2D eigenvalue weighted by Crippen LogP contribution is -2.28. The van der Waals surface area contributed by atoms with Crippen molar-refractivity contribution in [3.8, 4) is 5.75 Å². The third-order valence-corrected chi connectivity index (χ3v) is 7.17. The second-order valence-electron chi connectivity index (χ2n) is 9.27. The summed E-state index contributed by atoms with van der Waals surface area (Å²) in [6.07, 6.45) is 8.50. The molecule has 3 aromatic heterocycles. The third kappa shape index (κ3) is 4.94. The van der Waals surface area contributed by atoms with E-state index >= 15 is 0 Å². The molecule has 0 spiro atoms. The summed E-state index contributed by atoms with van der Waals surface area (Å²) < 4.78 is 7.04. The van der Waals surface area contributed by atoms with Crippen LogP contribution >= 0.6 is 11.6 Å². The summed E-state index contributed by atoms with van der Waals surface area (Å²) in [7, 11) is 1.61. The van der Waals surface area contributed by atoms with Crippen LogP contribution in [0, 0.1) is 0 Å². The molecule has 196 valence electrons. The fourth-order valence-electron chi connectivity index (χ4n) is 4.90. The number of methoxy groups -OCH3 is 1. The van der Waals surface area contributed by atoms with Crippen LogP contribution in [0.3, 0.4) is 0 Å². The number of aromatic amines is 1. The molecule has 0 atom stereocenters. The van der Waals surface area contributed by atoms with Crippen molar-refractivity contribution in [2.45, 2.75) is 33.1 Å². The Morgan fingerprint density at radius 2 is 1.95 bits per heavy atom. The van der Waals surface area contributed by atoms with Gasteiger partial charge in [0.2, 0.25) is 0 Å². The van der Waals surface area contributed by atoms with E-state index in [1.807, 2.05) is 55.0 Å². The van der Waals surface area contributed by atoms with Crippen molar-refractivity contribution in [2.24, 2.45) is 0 Å². The van der Waals surface area contributed by atoms with Gasteiger partial charge in [-0.2, -0.15) is 0 Å². The molecular weight excluding hydrogens is 498 g/mol. The molecule has 0 unspecified atom stereocenters. The largest absolute Gasteiger partial charge is 0.495 e. The summed E-state index contributed by atoms with van der Waals surface area (Å²) in [5.74, 6) is 0.645. The normalized spacial score (nSPS) is 11.3. The lowest BCUT2D eigenvalue weighted by molar-refractivity contribution is 0.243. The molecule has 0 aliphatic carbocycles. The van der Waals surface area contributed by atoms with E-state index in [0.717, 1.165) is 63.8 Å². The number of anilines is 2. The minimum atomic E-state index is -0.0967. The second-order valence-corrected chi connectivity index (χ2v) is 9.68. The van der Waals surface area contributed by atoms with Crippen LogP contribution in [-0.2, 0) is 6.42 Å². The van der Waals surface area contributed by atoms with E-state index in [1.165, 1.54) is 0 Å². The van der Waals surface area contributed by atoms with Gasteiger partial charge in [0.05, 0.1) is 29.5 Å². The zero-order chi connectivity index (χ0) is 26.6. The highest BCUT2D eigenvalue weighted by Gasteiger charge is 2.17. The van der Waals surface area contributed by atoms with Gasteiger partial charge in [-0.15, -0.1) is 0 Å². The Bertz CT molecular complexity index is 1590. The van der Waals surface area contributed by atoms with Gasteiger partial charge in [-0.05, 0) is 54.8 Å². The summed E-state index contributed by atoms with van der Waals surface area (Å²) in [6.45, 7) is 5.63. The Kier molecular flexibility index (Phi) is 7.56. The number of fused-ring (bicyclic) bond motifs is 2. The number of nitrogens with one attached hydrogen (secondary N) is 2. The van der Waals surface area contributed by atoms with E-state index in [0.29, 0.717) is 23.7 Å². The highest BCUT2D eigenvalue weighted by molar-refractivity contribution is 6.32. The Morgan fingerprint density at radius 1 is 1.11 bits per heavy atom. The molecular formula is C30H32ClN5O2. The first-order valence-electron chi connectivity index (χ1n) is 13.0. The number of hydrogen-bond donors (Lipinski definition) is 2. The monoisotopic (exact) mass is 529 g/mol. The molecule has 0 saturated carbocycles. The predicted octanol–water partition coefficient (Wildman–Crippen LogP) is 7.29. The standard InChI is InChI=1S/C30H32ClN5O2/c1-4-6-13-32-30(37)36-19-21(24-9-7-8-10-27(24)36)14-20-17-33-29-25(20)15-23(18-34-29)35(5-2)22-11-12-28(38-3)26(31)16-22/h7-12,15-19H,4-6,13-14H2,1-3H3,(H,32,37)(H,33,34). The van der Waals surface area contributed by atoms with Crippen LogP contribution in [0.2, 0.25) is 5.02 Å². The minimum Gasteiger partial charge on any atom is -0.495 e. The topological polar surface area (TPSA) is 75.2 Å². The smallest absolute Gasteiger partial charge is 0.326 e. The van der Waals surface area contributed by atoms with Crippen molar-refractivity contribution < 1.29 is 9.53 Å².